The highest BCUT2D eigenvalue weighted by Crippen LogP contribution is 2.38. The van der Waals surface area contributed by atoms with E-state index in [2.05, 4.69) is 19.6 Å². The van der Waals surface area contributed by atoms with Gasteiger partial charge in [0, 0.05) is 70.2 Å². The molecule has 36 heavy (non-hydrogen) atoms. The molecule has 200 valence electrons. The first kappa shape index (κ1) is 24.5. The van der Waals surface area contributed by atoms with Gasteiger partial charge >= 0.3 is 6.03 Å². The summed E-state index contributed by atoms with van der Waals surface area (Å²) in [6, 6.07) is 1.16. The van der Waals surface area contributed by atoms with Crippen LogP contribution in [-0.2, 0) is 9.59 Å². The molecule has 6 aliphatic rings. The molecule has 0 aromatic heterocycles. The maximum Gasteiger partial charge on any atom is 0.320 e. The smallest absolute Gasteiger partial charge is 0.320 e. The van der Waals surface area contributed by atoms with Crippen LogP contribution < -0.4 is 0 Å². The van der Waals surface area contributed by atoms with Gasteiger partial charge in [0.1, 0.15) is 0 Å². The van der Waals surface area contributed by atoms with E-state index < -0.39 is 0 Å². The molecule has 6 rings (SSSR count). The molecular weight excluding hydrogens is 454 g/mol. The minimum atomic E-state index is 0.0723. The van der Waals surface area contributed by atoms with Gasteiger partial charge in [0.15, 0.2) is 0 Å². The van der Waals surface area contributed by atoms with Crippen molar-refractivity contribution in [2.75, 3.05) is 58.9 Å². The van der Waals surface area contributed by atoms with Crippen LogP contribution in [0.4, 0.5) is 4.79 Å². The Hall–Kier alpha value is -1.83. The minimum Gasteiger partial charge on any atom is -0.342 e. The molecule has 6 fully saturated rings. The summed E-state index contributed by atoms with van der Waals surface area (Å²) < 4.78 is 0. The molecule has 0 saturated carbocycles. The maximum absolute atomic E-state index is 13.4. The number of likely N-dealkylation sites (tertiary alicyclic amines) is 4. The van der Waals surface area contributed by atoms with E-state index in [0.29, 0.717) is 55.2 Å². The Labute approximate surface area is 216 Å². The Balaban J connectivity index is 0.973. The third-order valence-electron chi connectivity index (χ3n) is 10.2. The van der Waals surface area contributed by atoms with Crippen LogP contribution in [0.15, 0.2) is 0 Å². The lowest BCUT2D eigenvalue weighted by Gasteiger charge is -2.53. The van der Waals surface area contributed by atoms with Crippen molar-refractivity contribution in [2.24, 2.45) is 17.8 Å². The molecule has 0 aromatic rings. The first-order chi connectivity index (χ1) is 17.6. The summed E-state index contributed by atoms with van der Waals surface area (Å²) in [6.07, 6.45) is 11.8. The van der Waals surface area contributed by atoms with E-state index >= 15 is 0 Å². The van der Waals surface area contributed by atoms with Crippen LogP contribution in [0.1, 0.15) is 70.6 Å². The zero-order chi connectivity index (χ0) is 24.6. The number of carbonyl (C=O) groups is 3. The van der Waals surface area contributed by atoms with Crippen molar-refractivity contribution in [1.29, 1.82) is 0 Å². The molecule has 6 aliphatic heterocycles. The summed E-state index contributed by atoms with van der Waals surface area (Å²) in [4.78, 5) is 50.1. The average Bonchev–Trinajstić information content (AvgIpc) is 2.93. The zero-order valence-corrected chi connectivity index (χ0v) is 22.0. The third kappa shape index (κ3) is 4.86. The number of nitrogens with zero attached hydrogens (tertiary/aromatic N) is 5. The molecule has 0 N–H and O–H groups in total. The number of carbonyl (C=O) groups excluding carboxylic acids is 3. The normalized spacial score (nSPS) is 33.0. The Morgan fingerprint density at radius 3 is 2.17 bits per heavy atom. The molecule has 8 nitrogen and oxygen atoms in total. The van der Waals surface area contributed by atoms with Gasteiger partial charge in [-0.2, -0.15) is 0 Å². The van der Waals surface area contributed by atoms with Crippen LogP contribution in [0, 0.1) is 17.8 Å². The number of amides is 4. The molecule has 6 heterocycles. The van der Waals surface area contributed by atoms with Crippen LogP contribution >= 0.6 is 0 Å². The Kier molecular flexibility index (Phi) is 7.15. The van der Waals surface area contributed by atoms with Crippen molar-refractivity contribution in [3.8, 4) is 0 Å². The second-order valence-corrected chi connectivity index (χ2v) is 12.5. The highest BCUT2D eigenvalue weighted by atomic mass is 16.2. The van der Waals surface area contributed by atoms with Crippen molar-refractivity contribution >= 4 is 17.8 Å². The second kappa shape index (κ2) is 10.5. The molecule has 0 aliphatic carbocycles. The molecule has 4 amide bonds. The number of hydrogen-bond acceptors (Lipinski definition) is 4. The molecule has 0 spiro atoms. The lowest BCUT2D eigenvalue weighted by Crippen LogP contribution is -2.62. The molecular formula is C28H45N5O3. The van der Waals surface area contributed by atoms with Gasteiger partial charge in [-0.05, 0) is 82.7 Å². The van der Waals surface area contributed by atoms with Gasteiger partial charge in [0.25, 0.3) is 0 Å². The van der Waals surface area contributed by atoms with Crippen LogP contribution in [0.2, 0.25) is 0 Å². The monoisotopic (exact) mass is 499 g/mol. The fourth-order valence-corrected chi connectivity index (χ4v) is 8.28. The summed E-state index contributed by atoms with van der Waals surface area (Å²) in [5, 5.41) is 0. The maximum atomic E-state index is 13.4. The van der Waals surface area contributed by atoms with E-state index in [0.717, 1.165) is 77.7 Å². The average molecular weight is 500 g/mol. The van der Waals surface area contributed by atoms with Crippen LogP contribution in [0.5, 0.6) is 0 Å². The lowest BCUT2D eigenvalue weighted by molar-refractivity contribution is -0.144. The molecule has 2 unspecified atom stereocenters. The van der Waals surface area contributed by atoms with Gasteiger partial charge < -0.3 is 24.5 Å². The SMILES string of the molecule is O=C(C1CCN(C(=O)N2CC3CC(C2)[C@H]2CCCC(=O)N2C3)CC1)N1CCC(N2CCCCC2)CC1. The first-order valence-corrected chi connectivity index (χ1v) is 14.9. The number of fused-ring (bicyclic) bond motifs is 4. The zero-order valence-electron chi connectivity index (χ0n) is 22.0. The molecule has 2 bridgehead atoms. The summed E-state index contributed by atoms with van der Waals surface area (Å²) >= 11 is 0. The van der Waals surface area contributed by atoms with E-state index in [4.69, 9.17) is 0 Å². The second-order valence-electron chi connectivity index (χ2n) is 12.5. The highest BCUT2D eigenvalue weighted by molar-refractivity contribution is 5.80. The number of hydrogen-bond donors (Lipinski definition) is 0. The van der Waals surface area contributed by atoms with Crippen molar-refractivity contribution in [1.82, 2.24) is 24.5 Å². The summed E-state index contributed by atoms with van der Waals surface area (Å²) in [7, 11) is 0. The predicted molar refractivity (Wildman–Crippen MR) is 137 cm³/mol. The van der Waals surface area contributed by atoms with Crippen molar-refractivity contribution in [3.63, 3.8) is 0 Å². The predicted octanol–water partition coefficient (Wildman–Crippen LogP) is 2.63. The van der Waals surface area contributed by atoms with E-state index in [1.807, 2.05) is 4.90 Å². The van der Waals surface area contributed by atoms with Crippen molar-refractivity contribution in [2.45, 2.75) is 82.7 Å². The van der Waals surface area contributed by atoms with E-state index in [1.165, 1.54) is 32.4 Å². The van der Waals surface area contributed by atoms with E-state index in [9.17, 15) is 14.4 Å². The van der Waals surface area contributed by atoms with Gasteiger partial charge in [-0.3, -0.25) is 9.59 Å². The van der Waals surface area contributed by atoms with Gasteiger partial charge in [0.2, 0.25) is 11.8 Å². The standard InChI is InChI=1S/C28H45N5O3/c34-26-6-4-5-25-23-17-21(19-33(25)26)18-32(20-23)28(36)31-13-7-22(8-14-31)27(35)30-15-9-24(10-16-30)29-11-2-1-3-12-29/h21-25H,1-20H2/t21?,23?,25-/m1/s1. The third-order valence-corrected chi connectivity index (χ3v) is 10.2. The van der Waals surface area contributed by atoms with Crippen molar-refractivity contribution < 1.29 is 14.4 Å². The summed E-state index contributed by atoms with van der Waals surface area (Å²) in [5.74, 6) is 1.57. The molecule has 0 aromatic carbocycles. The Bertz CT molecular complexity index is 829. The van der Waals surface area contributed by atoms with E-state index in [-0.39, 0.29) is 11.9 Å². The fraction of sp³-hybridized carbons (Fsp3) is 0.893. The molecule has 3 atom stereocenters. The Morgan fingerprint density at radius 2 is 1.42 bits per heavy atom. The van der Waals surface area contributed by atoms with Gasteiger partial charge in [-0.25, -0.2) is 4.79 Å². The topological polar surface area (TPSA) is 67.4 Å². The number of urea groups is 1. The largest absolute Gasteiger partial charge is 0.342 e. The Morgan fingerprint density at radius 1 is 0.694 bits per heavy atom. The molecule has 6 saturated heterocycles. The van der Waals surface area contributed by atoms with Crippen LogP contribution in [0.3, 0.4) is 0 Å². The van der Waals surface area contributed by atoms with E-state index in [1.54, 1.807) is 0 Å². The van der Waals surface area contributed by atoms with Crippen molar-refractivity contribution in [3.05, 3.63) is 0 Å². The fourth-order valence-electron chi connectivity index (χ4n) is 8.28. The van der Waals surface area contributed by atoms with Gasteiger partial charge in [-0.15, -0.1) is 0 Å². The molecule has 0 radical (unpaired) electrons. The van der Waals surface area contributed by atoms with Gasteiger partial charge in [0.05, 0.1) is 0 Å². The quantitative estimate of drug-likeness (QED) is 0.586. The lowest BCUT2D eigenvalue weighted by atomic mass is 9.76. The minimum absolute atomic E-state index is 0.0723. The number of piperidine rings is 6. The highest BCUT2D eigenvalue weighted by Gasteiger charge is 2.45. The van der Waals surface area contributed by atoms with Crippen LogP contribution in [-0.4, -0.2) is 113 Å². The first-order valence-electron chi connectivity index (χ1n) is 14.9. The summed E-state index contributed by atoms with van der Waals surface area (Å²) in [6.45, 7) is 8.05. The molecule has 8 heteroatoms. The van der Waals surface area contributed by atoms with Crippen LogP contribution in [0.25, 0.3) is 0 Å². The number of rotatable bonds is 2. The van der Waals surface area contributed by atoms with Gasteiger partial charge in [-0.1, -0.05) is 6.42 Å². The summed E-state index contributed by atoms with van der Waals surface area (Å²) in [5.41, 5.74) is 0.